The van der Waals surface area contributed by atoms with E-state index in [9.17, 15) is 4.57 Å². The first-order valence-electron chi connectivity index (χ1n) is 9.29. The summed E-state index contributed by atoms with van der Waals surface area (Å²) < 4.78 is 14.7. The third-order valence-electron chi connectivity index (χ3n) is 5.66. The van der Waals surface area contributed by atoms with Crippen molar-refractivity contribution in [1.82, 2.24) is 0 Å². The van der Waals surface area contributed by atoms with E-state index in [2.05, 4.69) is 57.2 Å². The van der Waals surface area contributed by atoms with Crippen molar-refractivity contribution in [2.45, 2.75) is 37.7 Å². The predicted octanol–water partition coefficient (Wildman–Crippen LogP) is 7.63. The highest BCUT2D eigenvalue weighted by molar-refractivity contribution is 7.64. The van der Waals surface area contributed by atoms with E-state index in [0.717, 1.165) is 16.7 Å². The molecule has 1 nitrogen and oxygen atoms in total. The lowest BCUT2D eigenvalue weighted by Crippen LogP contribution is -2.10. The van der Waals surface area contributed by atoms with Crippen molar-refractivity contribution >= 4 is 7.14 Å². The van der Waals surface area contributed by atoms with Crippen LogP contribution < -0.4 is 0 Å². The van der Waals surface area contributed by atoms with Crippen LogP contribution in [-0.2, 0) is 4.57 Å². The van der Waals surface area contributed by atoms with Crippen molar-refractivity contribution in [2.24, 2.45) is 0 Å². The van der Waals surface area contributed by atoms with Crippen molar-refractivity contribution in [3.8, 4) is 0 Å². The Balaban J connectivity index is 2.11. The quantitative estimate of drug-likeness (QED) is 0.412. The molecule has 3 atom stereocenters. The molecule has 134 valence electrons. The molecule has 0 aliphatic rings. The second kappa shape index (κ2) is 8.06. The van der Waals surface area contributed by atoms with Gasteiger partial charge in [-0.25, -0.2) is 0 Å². The Labute approximate surface area is 157 Å². The van der Waals surface area contributed by atoms with Crippen LogP contribution in [0, 0.1) is 0 Å². The summed E-state index contributed by atoms with van der Waals surface area (Å²) in [6, 6.07) is 30.9. The summed E-state index contributed by atoms with van der Waals surface area (Å²) in [7, 11) is -2.66. The average Bonchev–Trinajstić information content (AvgIpc) is 2.73. The molecular weight excluding hydrogens is 335 g/mol. The highest BCUT2D eigenvalue weighted by atomic mass is 31.2. The highest BCUT2D eigenvalue weighted by Crippen LogP contribution is 2.76. The van der Waals surface area contributed by atoms with E-state index in [1.807, 2.05) is 54.6 Å². The molecule has 0 saturated carbocycles. The zero-order valence-corrected chi connectivity index (χ0v) is 16.6. The Hall–Kier alpha value is -2.11. The van der Waals surface area contributed by atoms with Gasteiger partial charge in [0.1, 0.15) is 7.14 Å². The van der Waals surface area contributed by atoms with Gasteiger partial charge in [0.2, 0.25) is 0 Å². The van der Waals surface area contributed by atoms with Gasteiger partial charge < -0.3 is 4.57 Å². The van der Waals surface area contributed by atoms with E-state index >= 15 is 0 Å². The first-order chi connectivity index (χ1) is 12.5. The summed E-state index contributed by atoms with van der Waals surface area (Å²) in [5.74, 6) is 0. The minimum Gasteiger partial charge on any atom is -0.322 e. The zero-order valence-electron chi connectivity index (χ0n) is 15.7. The second-order valence-corrected chi connectivity index (χ2v) is 10.9. The molecule has 0 bridgehead atoms. The maximum absolute atomic E-state index is 14.7. The summed E-state index contributed by atoms with van der Waals surface area (Å²) in [6.07, 6.45) is 0. The maximum atomic E-state index is 14.7. The fraction of sp³-hybridized carbons (Fsp3) is 0.250. The second-order valence-electron chi connectivity index (χ2n) is 7.02. The molecule has 0 aromatic heterocycles. The smallest absolute Gasteiger partial charge is 0.108 e. The topological polar surface area (TPSA) is 17.1 Å². The fourth-order valence-electron chi connectivity index (χ4n) is 3.90. The minimum atomic E-state index is -2.66. The summed E-state index contributed by atoms with van der Waals surface area (Å²) in [5.41, 5.74) is 3.45. The lowest BCUT2D eigenvalue weighted by Gasteiger charge is -2.36. The molecule has 2 heteroatoms. The Morgan fingerprint density at radius 3 is 0.962 bits per heavy atom. The van der Waals surface area contributed by atoms with Crippen LogP contribution in [0.5, 0.6) is 0 Å². The molecule has 0 aliphatic heterocycles. The van der Waals surface area contributed by atoms with Gasteiger partial charge in [0.25, 0.3) is 0 Å². The van der Waals surface area contributed by atoms with Crippen molar-refractivity contribution in [2.75, 3.05) is 0 Å². The van der Waals surface area contributed by atoms with Crippen LogP contribution in [-0.4, -0.2) is 0 Å². The molecule has 3 rings (SSSR count). The summed E-state index contributed by atoms with van der Waals surface area (Å²) >= 11 is 0. The molecule has 0 aliphatic carbocycles. The van der Waals surface area contributed by atoms with Crippen LogP contribution in [0.4, 0.5) is 0 Å². The first-order valence-corrected chi connectivity index (χ1v) is 11.2. The maximum Gasteiger partial charge on any atom is 0.108 e. The van der Waals surface area contributed by atoms with Gasteiger partial charge in [0.15, 0.2) is 0 Å². The standard InChI is InChI=1S/C24H27OP/c1-19(22-13-7-4-8-14-22)26(25,20(2)23-15-9-5-10-16-23)21(3)24-17-11-6-12-18-24/h4-21H,1-3H3/t19-,20-,21-/m0/s1. The molecule has 3 aromatic rings. The SMILES string of the molecule is C[C@@H](c1ccccc1)P(=O)([C@@H](C)c1ccccc1)[C@@H](C)c1ccccc1. The summed E-state index contributed by atoms with van der Waals surface area (Å²) in [4.78, 5) is 0. The van der Waals surface area contributed by atoms with Gasteiger partial charge in [-0.2, -0.15) is 0 Å². The molecule has 3 aromatic carbocycles. The average molecular weight is 362 g/mol. The molecule has 0 heterocycles. The normalized spacial score (nSPS) is 15.2. The highest BCUT2D eigenvalue weighted by Gasteiger charge is 2.42. The number of hydrogen-bond donors (Lipinski definition) is 0. The van der Waals surface area contributed by atoms with Crippen molar-refractivity contribution < 1.29 is 4.57 Å². The van der Waals surface area contributed by atoms with Gasteiger partial charge in [-0.15, -0.1) is 0 Å². The van der Waals surface area contributed by atoms with Crippen LogP contribution >= 0.6 is 7.14 Å². The molecule has 0 spiro atoms. The summed E-state index contributed by atoms with van der Waals surface area (Å²) in [6.45, 7) is 6.40. The summed E-state index contributed by atoms with van der Waals surface area (Å²) in [5, 5.41) is 0. The van der Waals surface area contributed by atoms with Crippen molar-refractivity contribution in [3.05, 3.63) is 108 Å². The third kappa shape index (κ3) is 3.55. The molecule has 0 amide bonds. The predicted molar refractivity (Wildman–Crippen MR) is 112 cm³/mol. The van der Waals surface area contributed by atoms with E-state index in [1.54, 1.807) is 0 Å². The first kappa shape index (κ1) is 18.7. The van der Waals surface area contributed by atoms with E-state index < -0.39 is 7.14 Å². The fourth-order valence-corrected chi connectivity index (χ4v) is 7.83. The van der Waals surface area contributed by atoms with Gasteiger partial charge in [-0.05, 0) is 16.7 Å². The van der Waals surface area contributed by atoms with Crippen molar-refractivity contribution in [3.63, 3.8) is 0 Å². The number of hydrogen-bond acceptors (Lipinski definition) is 1. The van der Waals surface area contributed by atoms with Gasteiger partial charge in [-0.3, -0.25) is 0 Å². The van der Waals surface area contributed by atoms with Crippen LogP contribution in [0.2, 0.25) is 0 Å². The van der Waals surface area contributed by atoms with E-state index in [1.165, 1.54) is 0 Å². The third-order valence-corrected chi connectivity index (χ3v) is 10.2. The van der Waals surface area contributed by atoms with E-state index in [0.29, 0.717) is 0 Å². The van der Waals surface area contributed by atoms with Crippen molar-refractivity contribution in [1.29, 1.82) is 0 Å². The molecule has 0 unspecified atom stereocenters. The van der Waals surface area contributed by atoms with E-state index in [4.69, 9.17) is 0 Å². The number of rotatable bonds is 6. The molecule has 0 saturated heterocycles. The Morgan fingerprint density at radius 2 is 0.731 bits per heavy atom. The molecular formula is C24H27OP. The van der Waals surface area contributed by atoms with Gasteiger partial charge in [-0.1, -0.05) is 112 Å². The molecule has 26 heavy (non-hydrogen) atoms. The molecule has 0 radical (unpaired) electrons. The van der Waals surface area contributed by atoms with Gasteiger partial charge >= 0.3 is 0 Å². The lowest BCUT2D eigenvalue weighted by molar-refractivity contribution is 0.550. The Morgan fingerprint density at radius 1 is 0.500 bits per heavy atom. The Bertz CT molecular complexity index is 741. The molecule has 0 fully saturated rings. The molecule has 0 N–H and O–H groups in total. The van der Waals surface area contributed by atoms with Crippen LogP contribution in [0.3, 0.4) is 0 Å². The lowest BCUT2D eigenvalue weighted by atomic mass is 10.1. The van der Waals surface area contributed by atoms with Crippen LogP contribution in [0.1, 0.15) is 54.4 Å². The van der Waals surface area contributed by atoms with Crippen LogP contribution in [0.25, 0.3) is 0 Å². The zero-order chi connectivity index (χ0) is 18.6. The minimum absolute atomic E-state index is 0.00545. The van der Waals surface area contributed by atoms with Gasteiger partial charge in [0.05, 0.1) is 0 Å². The largest absolute Gasteiger partial charge is 0.322 e. The number of benzene rings is 3. The van der Waals surface area contributed by atoms with E-state index in [-0.39, 0.29) is 17.0 Å². The van der Waals surface area contributed by atoms with Gasteiger partial charge in [0, 0.05) is 17.0 Å². The van der Waals surface area contributed by atoms with Crippen LogP contribution in [0.15, 0.2) is 91.0 Å². The Kier molecular flexibility index (Phi) is 5.79. The monoisotopic (exact) mass is 362 g/mol.